The second-order valence-corrected chi connectivity index (χ2v) is 11.4. The fourth-order valence-electron chi connectivity index (χ4n) is 5.22. The van der Waals surface area contributed by atoms with Gasteiger partial charge >= 0.3 is 0 Å². The number of aromatic nitrogens is 5. The van der Waals surface area contributed by atoms with Crippen molar-refractivity contribution in [1.82, 2.24) is 35.2 Å². The second-order valence-electron chi connectivity index (χ2n) is 11.4. The fourth-order valence-corrected chi connectivity index (χ4v) is 5.22. The molecule has 3 heterocycles. The van der Waals surface area contributed by atoms with Crippen molar-refractivity contribution in [2.24, 2.45) is 13.0 Å². The van der Waals surface area contributed by atoms with Crippen molar-refractivity contribution in [2.45, 2.75) is 38.1 Å². The highest BCUT2D eigenvalue weighted by molar-refractivity contribution is 6.00. The summed E-state index contributed by atoms with van der Waals surface area (Å²) in [5.41, 5.74) is 4.85. The van der Waals surface area contributed by atoms with E-state index in [2.05, 4.69) is 36.2 Å². The smallest absolute Gasteiger partial charge is 0.273 e. The molecule has 45 heavy (non-hydrogen) atoms. The van der Waals surface area contributed by atoms with Gasteiger partial charge in [0, 0.05) is 74.7 Å². The van der Waals surface area contributed by atoms with Gasteiger partial charge in [-0.2, -0.15) is 5.10 Å². The lowest BCUT2D eigenvalue weighted by molar-refractivity contribution is -0.117. The summed E-state index contributed by atoms with van der Waals surface area (Å²) in [4.78, 5) is 44.3. The predicted octanol–water partition coefficient (Wildman–Crippen LogP) is 3.88. The Morgan fingerprint density at radius 1 is 1.07 bits per heavy atom. The lowest BCUT2D eigenvalue weighted by Crippen LogP contribution is -2.27. The zero-order valence-corrected chi connectivity index (χ0v) is 25.6. The van der Waals surface area contributed by atoms with E-state index >= 15 is 0 Å². The van der Waals surface area contributed by atoms with Crippen LogP contribution < -0.4 is 20.7 Å². The number of carbonyl (C=O) groups is 3. The lowest BCUT2D eigenvalue weighted by Gasteiger charge is -2.18. The summed E-state index contributed by atoms with van der Waals surface area (Å²) in [5.74, 6) is 0.441. The van der Waals surface area contributed by atoms with E-state index in [4.69, 9.17) is 4.74 Å². The van der Waals surface area contributed by atoms with Crippen LogP contribution >= 0.6 is 0 Å². The minimum absolute atomic E-state index is 0.0179. The maximum Gasteiger partial charge on any atom is 0.273 e. The molecule has 3 aromatic heterocycles. The van der Waals surface area contributed by atoms with E-state index in [0.717, 1.165) is 48.1 Å². The number of rotatable bonds is 11. The Morgan fingerprint density at radius 3 is 2.53 bits per heavy atom. The van der Waals surface area contributed by atoms with Crippen LogP contribution in [0.4, 0.5) is 17.2 Å². The monoisotopic (exact) mass is 609 g/mol. The van der Waals surface area contributed by atoms with Gasteiger partial charge in [-0.05, 0) is 37.8 Å². The van der Waals surface area contributed by atoms with Crippen LogP contribution in [0, 0.1) is 5.92 Å². The van der Waals surface area contributed by atoms with Crippen molar-refractivity contribution in [3.63, 3.8) is 0 Å². The zero-order valence-electron chi connectivity index (χ0n) is 25.6. The average Bonchev–Trinajstić information content (AvgIpc) is 3.98. The number of nitrogens with one attached hydrogen (secondary N) is 3. The summed E-state index contributed by atoms with van der Waals surface area (Å²) in [5, 5.41) is 21.3. The molecule has 13 heteroatoms. The van der Waals surface area contributed by atoms with Crippen LogP contribution in [0.25, 0.3) is 11.1 Å². The fraction of sp³-hybridized carbons (Fsp3) is 0.344. The SMILES string of the molecule is CNC(=O)c1nnc(NC(=O)C2CC2)cc1Nc1cccc(-c2ccc(C(=O)N(C)Cc3cn(C)nc3C3CC3)nc2)c1OC. The van der Waals surface area contributed by atoms with Crippen LogP contribution in [0.1, 0.15) is 63.8 Å². The van der Waals surface area contributed by atoms with Crippen molar-refractivity contribution in [3.05, 3.63) is 71.4 Å². The molecule has 0 unspecified atom stereocenters. The van der Waals surface area contributed by atoms with E-state index in [-0.39, 0.29) is 29.2 Å². The third-order valence-electron chi connectivity index (χ3n) is 7.87. The normalized spacial score (nSPS) is 14.0. The van der Waals surface area contributed by atoms with Gasteiger partial charge in [0.1, 0.15) is 11.4 Å². The Balaban J connectivity index is 1.22. The number of aryl methyl sites for hydroxylation is 1. The van der Waals surface area contributed by atoms with Crippen LogP contribution in [0.15, 0.2) is 48.8 Å². The molecule has 0 spiro atoms. The third kappa shape index (κ3) is 6.47. The molecular weight excluding hydrogens is 574 g/mol. The minimum atomic E-state index is -0.443. The highest BCUT2D eigenvalue weighted by atomic mass is 16.5. The minimum Gasteiger partial charge on any atom is -0.494 e. The first-order valence-corrected chi connectivity index (χ1v) is 14.8. The molecule has 0 radical (unpaired) electrons. The summed E-state index contributed by atoms with van der Waals surface area (Å²) in [6.07, 6.45) is 7.58. The molecule has 2 aliphatic rings. The Kier molecular flexibility index (Phi) is 8.16. The zero-order chi connectivity index (χ0) is 31.7. The number of methoxy groups -OCH3 is 1. The maximum absolute atomic E-state index is 13.3. The second kappa shape index (κ2) is 12.3. The number of ether oxygens (including phenoxy) is 1. The van der Waals surface area contributed by atoms with Crippen LogP contribution in [0.2, 0.25) is 0 Å². The molecule has 2 fully saturated rings. The molecule has 1 aromatic carbocycles. The number of hydrogen-bond donors (Lipinski definition) is 3. The van der Waals surface area contributed by atoms with Gasteiger partial charge < -0.3 is 25.6 Å². The first-order chi connectivity index (χ1) is 21.7. The average molecular weight is 610 g/mol. The summed E-state index contributed by atoms with van der Waals surface area (Å²) in [7, 11) is 6.72. The van der Waals surface area contributed by atoms with Gasteiger partial charge in [-0.15, -0.1) is 10.2 Å². The molecule has 13 nitrogen and oxygen atoms in total. The predicted molar refractivity (Wildman–Crippen MR) is 167 cm³/mol. The van der Waals surface area contributed by atoms with Gasteiger partial charge in [-0.25, -0.2) is 0 Å². The highest BCUT2D eigenvalue weighted by Crippen LogP contribution is 2.41. The van der Waals surface area contributed by atoms with Crippen molar-refractivity contribution >= 4 is 34.9 Å². The molecule has 232 valence electrons. The molecule has 0 saturated heterocycles. The number of pyridine rings is 1. The first kappa shape index (κ1) is 29.7. The molecule has 2 saturated carbocycles. The third-order valence-corrected chi connectivity index (χ3v) is 7.87. The molecule has 3 amide bonds. The Morgan fingerprint density at radius 2 is 1.87 bits per heavy atom. The number of benzene rings is 1. The van der Waals surface area contributed by atoms with Gasteiger partial charge in [0.15, 0.2) is 11.5 Å². The Hall–Kier alpha value is -5.33. The van der Waals surface area contributed by atoms with Crippen molar-refractivity contribution in [1.29, 1.82) is 0 Å². The molecule has 6 rings (SSSR count). The van der Waals surface area contributed by atoms with E-state index in [9.17, 15) is 14.4 Å². The molecule has 2 aliphatic carbocycles. The Bertz CT molecular complexity index is 1760. The standard InChI is InChI=1S/C32H35N9O4/c1-33-31(43)28-25(14-26(37-38-28)36-30(42)19-10-11-19)35-23-7-5-6-22(29(23)45-4)20-12-13-24(34-15-20)32(44)40(2)16-21-17-41(3)39-27(21)18-8-9-18/h5-7,12-15,17-19H,8-11,16H2,1-4H3,(H,33,43)(H2,35,36,37,42). The van der Waals surface area contributed by atoms with E-state index in [1.54, 1.807) is 48.1 Å². The number of para-hydroxylation sites is 1. The van der Waals surface area contributed by atoms with Crippen LogP contribution in [-0.4, -0.2) is 68.8 Å². The van der Waals surface area contributed by atoms with E-state index in [1.165, 1.54) is 7.05 Å². The van der Waals surface area contributed by atoms with Gasteiger partial charge in [0.25, 0.3) is 11.8 Å². The molecule has 0 atom stereocenters. The van der Waals surface area contributed by atoms with Gasteiger partial charge in [0.2, 0.25) is 5.91 Å². The number of amides is 3. The van der Waals surface area contributed by atoms with Crippen LogP contribution in [0.5, 0.6) is 5.75 Å². The van der Waals surface area contributed by atoms with Crippen molar-refractivity contribution < 1.29 is 19.1 Å². The van der Waals surface area contributed by atoms with E-state index in [0.29, 0.717) is 35.3 Å². The molecule has 4 aromatic rings. The number of carbonyl (C=O) groups excluding carboxylic acids is 3. The molecular formula is C32H35N9O4. The number of hydrogen-bond acceptors (Lipinski definition) is 9. The molecule has 0 bridgehead atoms. The summed E-state index contributed by atoms with van der Waals surface area (Å²) in [6, 6.07) is 10.6. The quantitative estimate of drug-likeness (QED) is 0.230. The molecule has 3 N–H and O–H groups in total. The highest BCUT2D eigenvalue weighted by Gasteiger charge is 2.31. The van der Waals surface area contributed by atoms with Crippen molar-refractivity contribution in [3.8, 4) is 16.9 Å². The summed E-state index contributed by atoms with van der Waals surface area (Å²) in [6.45, 7) is 0.456. The summed E-state index contributed by atoms with van der Waals surface area (Å²) >= 11 is 0. The molecule has 0 aliphatic heterocycles. The van der Waals surface area contributed by atoms with Crippen LogP contribution in [-0.2, 0) is 18.4 Å². The summed E-state index contributed by atoms with van der Waals surface area (Å²) < 4.78 is 7.61. The van der Waals surface area contributed by atoms with Gasteiger partial charge in [-0.1, -0.05) is 18.2 Å². The van der Waals surface area contributed by atoms with Crippen molar-refractivity contribution in [2.75, 3.05) is 31.8 Å². The Labute approximate surface area is 260 Å². The van der Waals surface area contributed by atoms with E-state index in [1.807, 2.05) is 31.4 Å². The van der Waals surface area contributed by atoms with E-state index < -0.39 is 5.91 Å². The number of nitrogens with zero attached hydrogens (tertiary/aromatic N) is 6. The van der Waals surface area contributed by atoms with Gasteiger partial charge in [-0.3, -0.25) is 24.0 Å². The topological polar surface area (TPSA) is 156 Å². The largest absolute Gasteiger partial charge is 0.494 e. The first-order valence-electron chi connectivity index (χ1n) is 14.8. The van der Waals surface area contributed by atoms with Gasteiger partial charge in [0.05, 0.1) is 24.2 Å². The van der Waals surface area contributed by atoms with Crippen LogP contribution in [0.3, 0.4) is 0 Å². The number of anilines is 3. The maximum atomic E-state index is 13.3. The lowest BCUT2D eigenvalue weighted by atomic mass is 10.0.